The Hall–Kier alpha value is -2.48. The molecule has 9 nitrogen and oxygen atoms in total. The van der Waals surface area contributed by atoms with E-state index in [9.17, 15) is 5.11 Å². The van der Waals surface area contributed by atoms with E-state index in [1.54, 1.807) is 19.4 Å². The summed E-state index contributed by atoms with van der Waals surface area (Å²) in [6.07, 6.45) is 6.66. The molecule has 1 unspecified atom stereocenters. The molecule has 2 aliphatic heterocycles. The van der Waals surface area contributed by atoms with Gasteiger partial charge in [0.2, 0.25) is 11.8 Å². The minimum absolute atomic E-state index is 0.0331. The maximum absolute atomic E-state index is 9.21. The van der Waals surface area contributed by atoms with E-state index >= 15 is 0 Å². The number of ether oxygens (including phenoxy) is 1. The standard InChI is InChI=1S/C19H25N7O2S/c1-28-17-9-16(24-19-21-10-15(11-27)29-19)23-18(25-17)22-12-7-13-3-4-14(8-12)26(13)6-2-5-20/h9-10,12-14,27H,2-4,6-8,11H2,1H3,(H2,21,22,23,24,25)/t12?,13-,14+. The highest BCUT2D eigenvalue weighted by Crippen LogP contribution is 2.36. The second-order valence-corrected chi connectivity index (χ2v) is 8.49. The lowest BCUT2D eigenvalue weighted by molar-refractivity contribution is 0.135. The van der Waals surface area contributed by atoms with Crippen molar-refractivity contribution in [2.24, 2.45) is 0 Å². The lowest BCUT2D eigenvalue weighted by atomic mass is 9.97. The molecule has 2 aliphatic rings. The maximum Gasteiger partial charge on any atom is 0.228 e. The van der Waals surface area contributed by atoms with Crippen molar-refractivity contribution >= 4 is 28.2 Å². The highest BCUT2D eigenvalue weighted by Gasteiger charge is 2.40. The van der Waals surface area contributed by atoms with Crippen LogP contribution in [0.3, 0.4) is 0 Å². The lowest BCUT2D eigenvalue weighted by Gasteiger charge is -2.38. The summed E-state index contributed by atoms with van der Waals surface area (Å²) in [6, 6.07) is 5.33. The topological polar surface area (TPSA) is 119 Å². The van der Waals surface area contributed by atoms with Crippen LogP contribution in [0.15, 0.2) is 12.3 Å². The fourth-order valence-electron chi connectivity index (χ4n) is 4.32. The van der Waals surface area contributed by atoms with Crippen LogP contribution < -0.4 is 15.4 Å². The van der Waals surface area contributed by atoms with Crippen LogP contribution in [-0.4, -0.2) is 56.7 Å². The molecule has 10 heteroatoms. The molecule has 4 heterocycles. The van der Waals surface area contributed by atoms with Crippen LogP contribution in [-0.2, 0) is 6.61 Å². The van der Waals surface area contributed by atoms with E-state index in [1.165, 1.54) is 24.2 Å². The monoisotopic (exact) mass is 415 g/mol. The van der Waals surface area contributed by atoms with Crippen LogP contribution >= 0.6 is 11.3 Å². The van der Waals surface area contributed by atoms with E-state index in [1.807, 2.05) is 0 Å². The highest BCUT2D eigenvalue weighted by atomic mass is 32.1. The van der Waals surface area contributed by atoms with E-state index in [0.717, 1.165) is 24.3 Å². The Morgan fingerprint density at radius 2 is 2.14 bits per heavy atom. The lowest BCUT2D eigenvalue weighted by Crippen LogP contribution is -2.47. The quantitative estimate of drug-likeness (QED) is 0.597. The Labute approximate surface area is 173 Å². The predicted octanol–water partition coefficient (Wildman–Crippen LogP) is 2.50. The van der Waals surface area contributed by atoms with Gasteiger partial charge < -0.3 is 20.5 Å². The summed E-state index contributed by atoms with van der Waals surface area (Å²) in [6.45, 7) is 0.834. The molecule has 29 heavy (non-hydrogen) atoms. The van der Waals surface area contributed by atoms with E-state index < -0.39 is 0 Å². The molecular formula is C19H25N7O2S. The highest BCUT2D eigenvalue weighted by molar-refractivity contribution is 7.15. The third kappa shape index (κ3) is 4.58. The van der Waals surface area contributed by atoms with Gasteiger partial charge in [0.25, 0.3) is 0 Å². The van der Waals surface area contributed by atoms with Crippen molar-refractivity contribution < 1.29 is 9.84 Å². The predicted molar refractivity (Wildman–Crippen MR) is 110 cm³/mol. The number of anilines is 3. The first kappa shape index (κ1) is 19.8. The molecule has 3 N–H and O–H groups in total. The molecule has 2 saturated heterocycles. The second-order valence-electron chi connectivity index (χ2n) is 7.38. The molecule has 0 radical (unpaired) electrons. The van der Waals surface area contributed by atoms with Crippen molar-refractivity contribution in [2.45, 2.75) is 56.8 Å². The van der Waals surface area contributed by atoms with Crippen molar-refractivity contribution in [2.75, 3.05) is 24.3 Å². The van der Waals surface area contributed by atoms with E-state index in [4.69, 9.17) is 10.00 Å². The number of aliphatic hydroxyl groups excluding tert-OH is 1. The molecule has 0 aliphatic carbocycles. The fraction of sp³-hybridized carbons (Fsp3) is 0.579. The minimum atomic E-state index is -0.0331. The zero-order chi connectivity index (χ0) is 20.2. The Morgan fingerprint density at radius 1 is 1.34 bits per heavy atom. The van der Waals surface area contributed by atoms with Crippen molar-refractivity contribution in [1.82, 2.24) is 19.9 Å². The zero-order valence-electron chi connectivity index (χ0n) is 16.3. The van der Waals surface area contributed by atoms with Gasteiger partial charge in [0.15, 0.2) is 5.13 Å². The SMILES string of the molecule is COc1cc(Nc2ncc(CO)s2)nc(NC2C[C@H]3CC[C@@H](C2)N3CCC#N)n1. The molecule has 154 valence electrons. The number of thiazole rings is 1. The number of aromatic nitrogens is 3. The number of fused-ring (bicyclic) bond motifs is 2. The summed E-state index contributed by atoms with van der Waals surface area (Å²) in [5, 5.41) is 25.4. The molecule has 3 atom stereocenters. The first-order valence-corrected chi connectivity index (χ1v) is 10.6. The number of nitrogens with one attached hydrogen (secondary N) is 2. The van der Waals surface area contributed by atoms with Crippen molar-refractivity contribution in [1.29, 1.82) is 5.26 Å². The number of hydrogen-bond acceptors (Lipinski definition) is 10. The van der Waals surface area contributed by atoms with Gasteiger partial charge in [-0.25, -0.2) is 4.98 Å². The molecule has 2 bridgehead atoms. The Balaban J connectivity index is 1.44. The molecule has 0 aromatic carbocycles. The first-order chi connectivity index (χ1) is 14.2. The zero-order valence-corrected chi connectivity index (χ0v) is 17.2. The normalized spacial score (nSPS) is 23.6. The van der Waals surface area contributed by atoms with Gasteiger partial charge in [0, 0.05) is 43.4 Å². The van der Waals surface area contributed by atoms with Crippen molar-refractivity contribution in [3.8, 4) is 11.9 Å². The molecular weight excluding hydrogens is 390 g/mol. The van der Waals surface area contributed by atoms with Gasteiger partial charge in [0.1, 0.15) is 5.82 Å². The van der Waals surface area contributed by atoms with Crippen LogP contribution in [0.2, 0.25) is 0 Å². The molecule has 0 saturated carbocycles. The third-order valence-electron chi connectivity index (χ3n) is 5.56. The molecule has 0 spiro atoms. The van der Waals surface area contributed by atoms with Crippen molar-refractivity contribution in [3.05, 3.63) is 17.1 Å². The summed E-state index contributed by atoms with van der Waals surface area (Å²) in [5.41, 5.74) is 0. The Morgan fingerprint density at radius 3 is 2.79 bits per heavy atom. The molecule has 4 rings (SSSR count). The summed E-state index contributed by atoms with van der Waals surface area (Å²) in [7, 11) is 1.58. The van der Waals surface area contributed by atoms with Gasteiger partial charge in [-0.15, -0.1) is 0 Å². The van der Waals surface area contributed by atoms with E-state index in [0.29, 0.717) is 47.3 Å². The average molecular weight is 416 g/mol. The van der Waals surface area contributed by atoms with Crippen LogP contribution in [0.25, 0.3) is 0 Å². The van der Waals surface area contributed by atoms with Gasteiger partial charge in [-0.2, -0.15) is 15.2 Å². The Bertz CT molecular complexity index is 870. The summed E-state index contributed by atoms with van der Waals surface area (Å²) < 4.78 is 5.34. The van der Waals surface area contributed by atoms with E-state index in [2.05, 4.69) is 36.6 Å². The first-order valence-electron chi connectivity index (χ1n) is 9.83. The van der Waals surface area contributed by atoms with Crippen LogP contribution in [0.4, 0.5) is 16.9 Å². The average Bonchev–Trinajstić information content (AvgIpc) is 3.27. The van der Waals surface area contributed by atoms with Gasteiger partial charge >= 0.3 is 0 Å². The number of piperidine rings is 1. The van der Waals surface area contributed by atoms with Gasteiger partial charge in [-0.3, -0.25) is 4.90 Å². The molecule has 2 fully saturated rings. The minimum Gasteiger partial charge on any atom is -0.481 e. The van der Waals surface area contributed by atoms with Crippen LogP contribution in [0.5, 0.6) is 5.88 Å². The number of hydrogen-bond donors (Lipinski definition) is 3. The molecule has 0 amide bonds. The number of nitriles is 1. The summed E-state index contributed by atoms with van der Waals surface area (Å²) >= 11 is 1.38. The van der Waals surface area contributed by atoms with Gasteiger partial charge in [-0.05, 0) is 25.7 Å². The summed E-state index contributed by atoms with van der Waals surface area (Å²) in [5.74, 6) is 1.59. The number of aliphatic hydroxyl groups is 1. The second kappa shape index (κ2) is 8.90. The summed E-state index contributed by atoms with van der Waals surface area (Å²) in [4.78, 5) is 16.6. The number of nitrogens with zero attached hydrogens (tertiary/aromatic N) is 5. The maximum atomic E-state index is 9.21. The largest absolute Gasteiger partial charge is 0.481 e. The third-order valence-corrected chi connectivity index (χ3v) is 6.45. The molecule has 2 aromatic heterocycles. The number of methoxy groups -OCH3 is 1. The number of rotatable bonds is 8. The van der Waals surface area contributed by atoms with Gasteiger partial charge in [-0.1, -0.05) is 11.3 Å². The smallest absolute Gasteiger partial charge is 0.228 e. The van der Waals surface area contributed by atoms with Crippen molar-refractivity contribution in [3.63, 3.8) is 0 Å². The molecule has 2 aromatic rings. The Kier molecular flexibility index (Phi) is 6.08. The van der Waals surface area contributed by atoms with Crippen LogP contribution in [0.1, 0.15) is 37.0 Å². The van der Waals surface area contributed by atoms with Gasteiger partial charge in [0.05, 0.1) is 24.7 Å². The van der Waals surface area contributed by atoms with Crippen LogP contribution in [0, 0.1) is 11.3 Å². The van der Waals surface area contributed by atoms with E-state index in [-0.39, 0.29) is 6.61 Å². The fourth-order valence-corrected chi connectivity index (χ4v) is 5.00.